The predicted molar refractivity (Wildman–Crippen MR) is 60.4 cm³/mol. The number of imidazole rings is 1. The average molecular weight is 234 g/mol. The molecule has 5 heteroatoms. The highest BCUT2D eigenvalue weighted by Gasteiger charge is 2.14. The molecule has 0 radical (unpaired) electrons. The second kappa shape index (κ2) is 4.01. The number of aromatic nitrogens is 2. The quantitative estimate of drug-likeness (QED) is 0.839. The van der Waals surface area contributed by atoms with Gasteiger partial charge >= 0.3 is 5.97 Å². The molecule has 2 aromatic rings. The van der Waals surface area contributed by atoms with E-state index in [-0.39, 0.29) is 5.56 Å². The van der Waals surface area contributed by atoms with Gasteiger partial charge in [-0.15, -0.1) is 0 Å². The number of aromatic amines is 1. The van der Waals surface area contributed by atoms with Crippen LogP contribution in [0.1, 0.15) is 21.9 Å². The summed E-state index contributed by atoms with van der Waals surface area (Å²) in [5, 5.41) is 8.84. The third kappa shape index (κ3) is 2.04. The van der Waals surface area contributed by atoms with Crippen LogP contribution in [0.2, 0.25) is 0 Å². The van der Waals surface area contributed by atoms with Gasteiger partial charge < -0.3 is 10.1 Å². The van der Waals surface area contributed by atoms with E-state index < -0.39 is 11.8 Å². The van der Waals surface area contributed by atoms with E-state index in [9.17, 15) is 9.18 Å². The van der Waals surface area contributed by atoms with Gasteiger partial charge in [-0.3, -0.25) is 0 Å². The lowest BCUT2D eigenvalue weighted by Crippen LogP contribution is -2.00. The lowest BCUT2D eigenvalue weighted by Gasteiger charge is -2.02. The molecule has 4 nitrogen and oxygen atoms in total. The van der Waals surface area contributed by atoms with Crippen LogP contribution in [0.15, 0.2) is 18.2 Å². The molecular formula is C12H11FN2O2. The van der Waals surface area contributed by atoms with E-state index in [1.807, 2.05) is 6.92 Å². The molecule has 0 aliphatic carbocycles. The van der Waals surface area contributed by atoms with Crippen LogP contribution in [-0.4, -0.2) is 21.0 Å². The van der Waals surface area contributed by atoms with E-state index >= 15 is 0 Å². The van der Waals surface area contributed by atoms with Gasteiger partial charge in [0.15, 0.2) is 0 Å². The van der Waals surface area contributed by atoms with Crippen molar-refractivity contribution in [2.45, 2.75) is 13.8 Å². The van der Waals surface area contributed by atoms with Gasteiger partial charge in [0.2, 0.25) is 0 Å². The van der Waals surface area contributed by atoms with Crippen molar-refractivity contribution in [1.82, 2.24) is 9.97 Å². The van der Waals surface area contributed by atoms with E-state index in [1.54, 1.807) is 6.92 Å². The normalized spacial score (nSPS) is 10.5. The molecule has 0 spiro atoms. The van der Waals surface area contributed by atoms with Crippen LogP contribution >= 0.6 is 0 Å². The summed E-state index contributed by atoms with van der Waals surface area (Å²) in [6, 6.07) is 3.95. The molecule has 0 saturated carbocycles. The zero-order chi connectivity index (χ0) is 12.6. The smallest absolute Gasteiger partial charge is 0.338 e. The van der Waals surface area contributed by atoms with Crippen molar-refractivity contribution in [2.24, 2.45) is 0 Å². The summed E-state index contributed by atoms with van der Waals surface area (Å²) in [7, 11) is 0. The van der Waals surface area contributed by atoms with E-state index in [0.29, 0.717) is 11.3 Å². The van der Waals surface area contributed by atoms with Crippen LogP contribution < -0.4 is 0 Å². The fraction of sp³-hybridized carbons (Fsp3) is 0.167. The first-order valence-electron chi connectivity index (χ1n) is 5.05. The molecule has 1 aromatic carbocycles. The van der Waals surface area contributed by atoms with Crippen LogP contribution in [0, 0.1) is 19.7 Å². The molecule has 2 N–H and O–H groups in total. The van der Waals surface area contributed by atoms with Crippen molar-refractivity contribution in [2.75, 3.05) is 0 Å². The molecule has 0 aliphatic rings. The highest BCUT2D eigenvalue weighted by Crippen LogP contribution is 2.23. The minimum atomic E-state index is -1.28. The second-order valence-electron chi connectivity index (χ2n) is 3.80. The first kappa shape index (κ1) is 11.3. The fourth-order valence-corrected chi connectivity index (χ4v) is 1.73. The van der Waals surface area contributed by atoms with Gasteiger partial charge in [-0.05, 0) is 32.0 Å². The monoisotopic (exact) mass is 234 g/mol. The molecule has 0 fully saturated rings. The molecule has 0 bridgehead atoms. The van der Waals surface area contributed by atoms with E-state index in [1.165, 1.54) is 12.1 Å². The SMILES string of the molecule is Cc1nc(-c2ccc(F)c(C(=O)O)c2)c(C)[nH]1. The van der Waals surface area contributed by atoms with E-state index in [4.69, 9.17) is 5.11 Å². The Morgan fingerprint density at radius 1 is 1.41 bits per heavy atom. The van der Waals surface area contributed by atoms with Gasteiger partial charge in [-0.25, -0.2) is 14.2 Å². The number of H-pyrrole nitrogens is 1. The number of rotatable bonds is 2. The Hall–Kier alpha value is -2.17. The molecular weight excluding hydrogens is 223 g/mol. The maximum absolute atomic E-state index is 13.2. The Balaban J connectivity index is 2.57. The first-order chi connectivity index (χ1) is 7.99. The number of carboxylic acid groups (broad SMARTS) is 1. The largest absolute Gasteiger partial charge is 0.478 e. The molecule has 0 aliphatic heterocycles. The van der Waals surface area contributed by atoms with Crippen molar-refractivity contribution in [1.29, 1.82) is 0 Å². The predicted octanol–water partition coefficient (Wildman–Crippen LogP) is 2.53. The number of halogens is 1. The maximum atomic E-state index is 13.2. The van der Waals surface area contributed by atoms with E-state index in [2.05, 4.69) is 9.97 Å². The molecule has 0 amide bonds. The Kier molecular flexibility index (Phi) is 2.67. The third-order valence-corrected chi connectivity index (χ3v) is 2.47. The first-order valence-corrected chi connectivity index (χ1v) is 5.05. The topological polar surface area (TPSA) is 66.0 Å². The summed E-state index contributed by atoms with van der Waals surface area (Å²) in [5.41, 5.74) is 1.71. The number of nitrogens with one attached hydrogen (secondary N) is 1. The summed E-state index contributed by atoms with van der Waals surface area (Å²) in [4.78, 5) is 18.1. The number of benzene rings is 1. The van der Waals surface area contributed by atoms with Gasteiger partial charge in [-0.2, -0.15) is 0 Å². The minimum absolute atomic E-state index is 0.345. The minimum Gasteiger partial charge on any atom is -0.478 e. The van der Waals surface area contributed by atoms with Crippen molar-refractivity contribution in [3.8, 4) is 11.3 Å². The van der Waals surface area contributed by atoms with Gasteiger partial charge in [0, 0.05) is 11.3 Å². The molecule has 0 saturated heterocycles. The Morgan fingerprint density at radius 2 is 2.12 bits per heavy atom. The van der Waals surface area contributed by atoms with Crippen molar-refractivity contribution in [3.05, 3.63) is 41.1 Å². The van der Waals surface area contributed by atoms with Crippen LogP contribution in [0.4, 0.5) is 4.39 Å². The van der Waals surface area contributed by atoms with Crippen LogP contribution in [0.3, 0.4) is 0 Å². The number of hydrogen-bond acceptors (Lipinski definition) is 2. The molecule has 0 atom stereocenters. The molecule has 0 unspecified atom stereocenters. The highest BCUT2D eigenvalue weighted by atomic mass is 19.1. The summed E-state index contributed by atoms with van der Waals surface area (Å²) >= 11 is 0. The third-order valence-electron chi connectivity index (χ3n) is 2.47. The highest BCUT2D eigenvalue weighted by molar-refractivity contribution is 5.89. The molecule has 88 valence electrons. The van der Waals surface area contributed by atoms with Gasteiger partial charge in [-0.1, -0.05) is 0 Å². The van der Waals surface area contributed by atoms with Gasteiger partial charge in [0.05, 0.1) is 11.3 Å². The molecule has 2 rings (SSSR count). The van der Waals surface area contributed by atoms with Crippen LogP contribution in [0.5, 0.6) is 0 Å². The summed E-state index contributed by atoms with van der Waals surface area (Å²) in [6.07, 6.45) is 0. The van der Waals surface area contributed by atoms with Crippen LogP contribution in [-0.2, 0) is 0 Å². The summed E-state index contributed by atoms with van der Waals surface area (Å²) in [6.45, 7) is 3.64. The lowest BCUT2D eigenvalue weighted by atomic mass is 10.1. The van der Waals surface area contributed by atoms with Gasteiger partial charge in [0.25, 0.3) is 0 Å². The van der Waals surface area contributed by atoms with Crippen molar-refractivity contribution >= 4 is 5.97 Å². The number of nitrogens with zero attached hydrogens (tertiary/aromatic N) is 1. The zero-order valence-electron chi connectivity index (χ0n) is 9.41. The molecule has 1 aromatic heterocycles. The number of aromatic carboxylic acids is 1. The fourth-order valence-electron chi connectivity index (χ4n) is 1.73. The summed E-state index contributed by atoms with van der Waals surface area (Å²) < 4.78 is 13.2. The Bertz CT molecular complexity index is 590. The lowest BCUT2D eigenvalue weighted by molar-refractivity contribution is 0.0692. The average Bonchev–Trinajstić information content (AvgIpc) is 2.58. The maximum Gasteiger partial charge on any atom is 0.338 e. The van der Waals surface area contributed by atoms with Crippen molar-refractivity contribution in [3.63, 3.8) is 0 Å². The standard InChI is InChI=1S/C12H11FN2O2/c1-6-11(15-7(2)14-6)8-3-4-10(13)9(5-8)12(16)17/h3-5H,1-2H3,(H,14,15)(H,16,17). The number of aryl methyl sites for hydroxylation is 2. The number of carboxylic acids is 1. The Labute approximate surface area is 97.1 Å². The van der Waals surface area contributed by atoms with E-state index in [0.717, 1.165) is 17.6 Å². The number of carbonyl (C=O) groups is 1. The Morgan fingerprint density at radius 3 is 2.65 bits per heavy atom. The molecule has 17 heavy (non-hydrogen) atoms. The van der Waals surface area contributed by atoms with Gasteiger partial charge in [0.1, 0.15) is 11.6 Å². The summed E-state index contributed by atoms with van der Waals surface area (Å²) in [5.74, 6) is -1.29. The van der Waals surface area contributed by atoms with Crippen molar-refractivity contribution < 1.29 is 14.3 Å². The zero-order valence-corrected chi connectivity index (χ0v) is 9.41. The van der Waals surface area contributed by atoms with Crippen LogP contribution in [0.25, 0.3) is 11.3 Å². The number of hydrogen-bond donors (Lipinski definition) is 2. The molecule has 1 heterocycles. The second-order valence-corrected chi connectivity index (χ2v) is 3.80.